The van der Waals surface area contributed by atoms with Gasteiger partial charge in [-0.2, -0.15) is 5.10 Å². The lowest BCUT2D eigenvalue weighted by Crippen LogP contribution is -2.00. The van der Waals surface area contributed by atoms with Crippen molar-refractivity contribution in [3.8, 4) is 22.5 Å². The molecular weight excluding hydrogens is 310 g/mol. The molecule has 2 aromatic heterocycles. The van der Waals surface area contributed by atoms with Crippen LogP contribution in [0.4, 0.5) is 0 Å². The normalized spacial score (nSPS) is 11.1. The Morgan fingerprint density at radius 3 is 2.72 bits per heavy atom. The first-order valence-corrected chi connectivity index (χ1v) is 8.44. The highest BCUT2D eigenvalue weighted by Gasteiger charge is 2.08. The van der Waals surface area contributed by atoms with Crippen LogP contribution >= 0.6 is 0 Å². The first-order valence-electron chi connectivity index (χ1n) is 8.44. The van der Waals surface area contributed by atoms with Crippen molar-refractivity contribution in [2.45, 2.75) is 13.0 Å². The largest absolute Gasteiger partial charge is 0.396 e. The monoisotopic (exact) mass is 329 g/mol. The number of aromatic nitrogens is 3. The molecule has 0 saturated carbocycles. The van der Waals surface area contributed by atoms with Crippen molar-refractivity contribution in [1.29, 1.82) is 0 Å². The van der Waals surface area contributed by atoms with Gasteiger partial charge in [0.15, 0.2) is 0 Å². The highest BCUT2D eigenvalue weighted by atomic mass is 16.3. The van der Waals surface area contributed by atoms with Crippen LogP contribution in [-0.4, -0.2) is 26.5 Å². The van der Waals surface area contributed by atoms with Crippen LogP contribution in [0.3, 0.4) is 0 Å². The topological polar surface area (TPSA) is 50.9 Å². The fourth-order valence-electron chi connectivity index (χ4n) is 3.05. The number of benzene rings is 2. The summed E-state index contributed by atoms with van der Waals surface area (Å²) in [6.07, 6.45) is 4.52. The molecule has 0 atom stereocenters. The average Bonchev–Trinajstić information content (AvgIpc) is 3.15. The van der Waals surface area contributed by atoms with Gasteiger partial charge >= 0.3 is 0 Å². The van der Waals surface area contributed by atoms with E-state index < -0.39 is 0 Å². The number of hydrogen-bond acceptors (Lipinski definition) is 3. The summed E-state index contributed by atoms with van der Waals surface area (Å²) in [5, 5.41) is 15.9. The molecule has 0 spiro atoms. The van der Waals surface area contributed by atoms with E-state index in [9.17, 15) is 0 Å². The van der Waals surface area contributed by atoms with Crippen molar-refractivity contribution in [2.75, 3.05) is 6.61 Å². The van der Waals surface area contributed by atoms with E-state index in [0.29, 0.717) is 6.42 Å². The summed E-state index contributed by atoms with van der Waals surface area (Å²) in [5.41, 5.74) is 4.06. The van der Waals surface area contributed by atoms with Crippen molar-refractivity contribution in [3.05, 3.63) is 73.1 Å². The van der Waals surface area contributed by atoms with E-state index in [1.165, 1.54) is 5.39 Å². The van der Waals surface area contributed by atoms with Crippen LogP contribution < -0.4 is 0 Å². The first-order chi connectivity index (χ1) is 12.3. The number of pyridine rings is 1. The van der Waals surface area contributed by atoms with Gasteiger partial charge in [-0.15, -0.1) is 0 Å². The second-order valence-electron chi connectivity index (χ2n) is 6.00. The standard InChI is InChI=1S/C21H19N3O/c25-14-4-12-24-13-10-20(23-24)17-6-3-7-18(15-17)21-19-8-2-1-5-16(19)9-11-22-21/h1-3,5-11,13,15,25H,4,12,14H2. The molecule has 1 N–H and O–H groups in total. The van der Waals surface area contributed by atoms with E-state index in [4.69, 9.17) is 5.11 Å². The number of rotatable bonds is 5. The van der Waals surface area contributed by atoms with Crippen LogP contribution in [-0.2, 0) is 6.54 Å². The highest BCUT2D eigenvalue weighted by molar-refractivity contribution is 5.94. The van der Waals surface area contributed by atoms with Gasteiger partial charge in [-0.25, -0.2) is 0 Å². The van der Waals surface area contributed by atoms with Crippen LogP contribution in [0.2, 0.25) is 0 Å². The van der Waals surface area contributed by atoms with Gasteiger partial charge in [-0.05, 0) is 30.0 Å². The maximum Gasteiger partial charge on any atom is 0.0923 e. The maximum atomic E-state index is 8.95. The van der Waals surface area contributed by atoms with E-state index in [1.807, 2.05) is 47.4 Å². The summed E-state index contributed by atoms with van der Waals surface area (Å²) in [7, 11) is 0. The Hall–Kier alpha value is -2.98. The molecule has 0 aliphatic carbocycles. The molecule has 4 rings (SSSR count). The quantitative estimate of drug-likeness (QED) is 0.598. The minimum atomic E-state index is 0.178. The molecule has 0 aliphatic heterocycles. The molecule has 0 unspecified atom stereocenters. The molecule has 0 saturated heterocycles. The molecule has 4 heteroatoms. The molecule has 0 aliphatic rings. The summed E-state index contributed by atoms with van der Waals surface area (Å²) in [6.45, 7) is 0.901. The van der Waals surface area contributed by atoms with Crippen molar-refractivity contribution >= 4 is 10.8 Å². The molecule has 0 amide bonds. The molecule has 4 aromatic rings. The zero-order valence-corrected chi connectivity index (χ0v) is 13.8. The molecule has 0 fully saturated rings. The Bertz CT molecular complexity index is 1000. The number of aliphatic hydroxyl groups is 1. The zero-order valence-electron chi connectivity index (χ0n) is 13.8. The van der Waals surface area contributed by atoms with Gasteiger partial charge in [0.25, 0.3) is 0 Å². The first kappa shape index (κ1) is 15.5. The van der Waals surface area contributed by atoms with Crippen molar-refractivity contribution in [1.82, 2.24) is 14.8 Å². The molecule has 124 valence electrons. The second-order valence-corrected chi connectivity index (χ2v) is 6.00. The number of aryl methyl sites for hydroxylation is 1. The summed E-state index contributed by atoms with van der Waals surface area (Å²) in [6, 6.07) is 20.7. The van der Waals surface area contributed by atoms with Crippen LogP contribution in [0.5, 0.6) is 0 Å². The molecule has 2 aromatic carbocycles. The Morgan fingerprint density at radius 2 is 1.80 bits per heavy atom. The van der Waals surface area contributed by atoms with E-state index >= 15 is 0 Å². The zero-order chi connectivity index (χ0) is 17.1. The minimum absolute atomic E-state index is 0.178. The predicted molar refractivity (Wildman–Crippen MR) is 100 cm³/mol. The molecule has 4 nitrogen and oxygen atoms in total. The Labute approximate surface area is 146 Å². The summed E-state index contributed by atoms with van der Waals surface area (Å²) in [5.74, 6) is 0. The maximum absolute atomic E-state index is 8.95. The lowest BCUT2D eigenvalue weighted by molar-refractivity contribution is 0.277. The second kappa shape index (κ2) is 6.87. The number of hydrogen-bond donors (Lipinski definition) is 1. The van der Waals surface area contributed by atoms with E-state index in [0.717, 1.165) is 34.4 Å². The van der Waals surface area contributed by atoms with E-state index in [1.54, 1.807) is 0 Å². The fourth-order valence-corrected chi connectivity index (χ4v) is 3.05. The van der Waals surface area contributed by atoms with Gasteiger partial charge in [-0.1, -0.05) is 42.5 Å². The lowest BCUT2D eigenvalue weighted by Gasteiger charge is -2.07. The third kappa shape index (κ3) is 3.16. The number of aliphatic hydroxyl groups excluding tert-OH is 1. The Kier molecular flexibility index (Phi) is 4.27. The SMILES string of the molecule is OCCCn1ccc(-c2cccc(-c3nccc4ccccc34)c2)n1. The van der Waals surface area contributed by atoms with Crippen molar-refractivity contribution in [3.63, 3.8) is 0 Å². The smallest absolute Gasteiger partial charge is 0.0923 e. The third-order valence-corrected chi connectivity index (χ3v) is 4.29. The number of fused-ring (bicyclic) bond motifs is 1. The average molecular weight is 329 g/mol. The molecule has 25 heavy (non-hydrogen) atoms. The predicted octanol–water partition coefficient (Wildman–Crippen LogP) is 4.15. The highest BCUT2D eigenvalue weighted by Crippen LogP contribution is 2.29. The van der Waals surface area contributed by atoms with Gasteiger partial charge in [0.1, 0.15) is 0 Å². The van der Waals surface area contributed by atoms with Gasteiger partial charge < -0.3 is 5.11 Å². The minimum Gasteiger partial charge on any atom is -0.396 e. The summed E-state index contributed by atoms with van der Waals surface area (Å²) >= 11 is 0. The number of nitrogens with zero attached hydrogens (tertiary/aromatic N) is 3. The fraction of sp³-hybridized carbons (Fsp3) is 0.143. The van der Waals surface area contributed by atoms with Gasteiger partial charge in [0.2, 0.25) is 0 Å². The van der Waals surface area contributed by atoms with Crippen LogP contribution in [0.15, 0.2) is 73.1 Å². The van der Waals surface area contributed by atoms with Gasteiger partial charge in [-0.3, -0.25) is 9.67 Å². The molecule has 0 radical (unpaired) electrons. The van der Waals surface area contributed by atoms with E-state index in [-0.39, 0.29) is 6.61 Å². The third-order valence-electron chi connectivity index (χ3n) is 4.29. The summed E-state index contributed by atoms with van der Waals surface area (Å²) in [4.78, 5) is 4.60. The van der Waals surface area contributed by atoms with Gasteiger partial charge in [0.05, 0.1) is 11.4 Å². The van der Waals surface area contributed by atoms with Crippen molar-refractivity contribution in [2.24, 2.45) is 0 Å². The van der Waals surface area contributed by atoms with Crippen LogP contribution in [0.1, 0.15) is 6.42 Å². The molecular formula is C21H19N3O. The van der Waals surface area contributed by atoms with E-state index in [2.05, 4.69) is 40.4 Å². The van der Waals surface area contributed by atoms with Crippen molar-refractivity contribution < 1.29 is 5.11 Å². The van der Waals surface area contributed by atoms with Gasteiger partial charge in [0, 0.05) is 42.1 Å². The van der Waals surface area contributed by atoms with Crippen LogP contribution in [0.25, 0.3) is 33.3 Å². The lowest BCUT2D eigenvalue weighted by atomic mass is 10.0. The van der Waals surface area contributed by atoms with Crippen LogP contribution in [0, 0.1) is 0 Å². The Morgan fingerprint density at radius 1 is 0.920 bits per heavy atom. The Balaban J connectivity index is 1.73. The molecule has 2 heterocycles. The molecule has 0 bridgehead atoms. The summed E-state index contributed by atoms with van der Waals surface area (Å²) < 4.78 is 1.87.